The number of fused-ring (bicyclic) bond motifs is 7. The van der Waals surface area contributed by atoms with Gasteiger partial charge in [-0.15, -0.1) is 0 Å². The molecule has 1 spiro atoms. The van der Waals surface area contributed by atoms with E-state index in [0.717, 1.165) is 84.6 Å². The van der Waals surface area contributed by atoms with E-state index in [4.69, 9.17) is 9.97 Å². The van der Waals surface area contributed by atoms with Gasteiger partial charge in [-0.1, -0.05) is 25.3 Å². The first-order valence-corrected chi connectivity index (χ1v) is 12.2. The zero-order chi connectivity index (χ0) is 21.2. The summed E-state index contributed by atoms with van der Waals surface area (Å²) in [7, 11) is 2.18. The monoisotopic (exact) mass is 479 g/mol. The highest BCUT2D eigenvalue weighted by Crippen LogP contribution is 2.51. The summed E-state index contributed by atoms with van der Waals surface area (Å²) < 4.78 is 2.95. The topological polar surface area (TPSA) is 63.9 Å². The van der Waals surface area contributed by atoms with E-state index in [2.05, 4.69) is 43.6 Å². The molecule has 4 heterocycles. The standard InChI is InChI=1S/C24H26BrN5O/c1-29-12-8-15(9-13-29)20-26-14-16-21(27-20)30-18-7-5-6-17(25)19(18)22(31)28-23(30)24(16)10-3-2-4-11-24/h5-7,14-15H,2-4,8-13H2,1H3. The first-order valence-electron chi connectivity index (χ1n) is 11.4. The zero-order valence-corrected chi connectivity index (χ0v) is 19.4. The predicted octanol–water partition coefficient (Wildman–Crippen LogP) is 4.31. The Morgan fingerprint density at radius 2 is 1.87 bits per heavy atom. The Morgan fingerprint density at radius 1 is 1.10 bits per heavy atom. The van der Waals surface area contributed by atoms with Crippen molar-refractivity contribution in [1.29, 1.82) is 0 Å². The van der Waals surface area contributed by atoms with E-state index >= 15 is 0 Å². The Morgan fingerprint density at radius 3 is 2.65 bits per heavy atom. The Hall–Kier alpha value is -2.12. The second kappa shape index (κ2) is 7.20. The highest BCUT2D eigenvalue weighted by atomic mass is 79.9. The lowest BCUT2D eigenvalue weighted by Gasteiger charge is -2.33. The molecule has 1 saturated carbocycles. The maximum absolute atomic E-state index is 13.1. The number of benzene rings is 1. The number of hydrogen-bond donors (Lipinski definition) is 0. The molecule has 0 bridgehead atoms. The van der Waals surface area contributed by atoms with Crippen molar-refractivity contribution >= 4 is 26.8 Å². The highest BCUT2D eigenvalue weighted by Gasteiger charge is 2.48. The average molecular weight is 480 g/mol. The van der Waals surface area contributed by atoms with Crippen LogP contribution in [0.5, 0.6) is 0 Å². The summed E-state index contributed by atoms with van der Waals surface area (Å²) in [5.41, 5.74) is 1.65. The van der Waals surface area contributed by atoms with Crippen molar-refractivity contribution < 1.29 is 0 Å². The molecule has 6 nitrogen and oxygen atoms in total. The molecule has 1 aromatic carbocycles. The molecule has 1 saturated heterocycles. The van der Waals surface area contributed by atoms with Gasteiger partial charge in [-0.05, 0) is 73.9 Å². The van der Waals surface area contributed by atoms with Gasteiger partial charge in [0.25, 0.3) is 5.56 Å². The minimum absolute atomic E-state index is 0.157. The third-order valence-corrected chi connectivity index (χ3v) is 8.26. The molecule has 2 fully saturated rings. The molecule has 1 aliphatic carbocycles. The van der Waals surface area contributed by atoms with E-state index in [-0.39, 0.29) is 11.0 Å². The fourth-order valence-electron chi connectivity index (χ4n) is 5.89. The zero-order valence-electron chi connectivity index (χ0n) is 17.8. The quantitative estimate of drug-likeness (QED) is 0.520. The molecule has 0 radical (unpaired) electrons. The molecule has 3 aliphatic rings. The number of aromatic nitrogens is 4. The molecule has 0 atom stereocenters. The number of hydrogen-bond acceptors (Lipinski definition) is 5. The Balaban J connectivity index is 1.61. The normalized spacial score (nSPS) is 20.8. The van der Waals surface area contributed by atoms with Crippen LogP contribution in [0.4, 0.5) is 0 Å². The molecule has 2 aromatic heterocycles. The maximum Gasteiger partial charge on any atom is 0.281 e. The van der Waals surface area contributed by atoms with E-state index in [1.165, 1.54) is 6.42 Å². The summed E-state index contributed by atoms with van der Waals surface area (Å²) in [5, 5.41) is 0.629. The van der Waals surface area contributed by atoms with Crippen molar-refractivity contribution in [3.63, 3.8) is 0 Å². The summed E-state index contributed by atoms with van der Waals surface area (Å²) >= 11 is 3.58. The lowest BCUT2D eigenvalue weighted by atomic mass is 9.70. The van der Waals surface area contributed by atoms with Crippen LogP contribution in [0.15, 0.2) is 33.7 Å². The smallest absolute Gasteiger partial charge is 0.281 e. The third-order valence-electron chi connectivity index (χ3n) is 7.60. The van der Waals surface area contributed by atoms with Gasteiger partial charge in [0.05, 0.1) is 16.3 Å². The van der Waals surface area contributed by atoms with Crippen LogP contribution in [-0.4, -0.2) is 44.6 Å². The Labute approximate surface area is 189 Å². The van der Waals surface area contributed by atoms with E-state index in [1.807, 2.05) is 18.2 Å². The van der Waals surface area contributed by atoms with Gasteiger partial charge in [-0.25, -0.2) is 9.97 Å². The second-order valence-corrected chi connectivity index (χ2v) is 10.3. The average Bonchev–Trinajstić information content (AvgIpc) is 3.04. The predicted molar refractivity (Wildman–Crippen MR) is 124 cm³/mol. The summed E-state index contributed by atoms with van der Waals surface area (Å²) in [6, 6.07) is 5.92. The van der Waals surface area contributed by atoms with Crippen LogP contribution in [0.1, 0.15) is 68.1 Å². The highest BCUT2D eigenvalue weighted by molar-refractivity contribution is 9.10. The number of nitrogens with zero attached hydrogens (tertiary/aromatic N) is 5. The maximum atomic E-state index is 13.1. The fraction of sp³-hybridized carbons (Fsp3) is 0.500. The van der Waals surface area contributed by atoms with Crippen LogP contribution < -0.4 is 5.56 Å². The lowest BCUT2D eigenvalue weighted by molar-refractivity contribution is 0.251. The van der Waals surface area contributed by atoms with Gasteiger partial charge < -0.3 is 4.90 Å². The van der Waals surface area contributed by atoms with E-state index in [0.29, 0.717) is 11.3 Å². The van der Waals surface area contributed by atoms with Crippen molar-refractivity contribution in [2.24, 2.45) is 0 Å². The number of likely N-dealkylation sites (tertiary alicyclic amines) is 1. The summed E-state index contributed by atoms with van der Waals surface area (Å²) in [5.74, 6) is 3.13. The molecular formula is C24H26BrN5O. The Kier molecular flexibility index (Phi) is 4.54. The molecule has 2 aliphatic heterocycles. The van der Waals surface area contributed by atoms with Crippen LogP contribution in [0, 0.1) is 0 Å². The summed E-state index contributed by atoms with van der Waals surface area (Å²) in [6.45, 7) is 2.16. The van der Waals surface area contributed by atoms with Crippen molar-refractivity contribution in [1.82, 2.24) is 24.4 Å². The molecule has 7 heteroatoms. The van der Waals surface area contributed by atoms with E-state index in [1.54, 1.807) is 0 Å². The van der Waals surface area contributed by atoms with Crippen LogP contribution in [-0.2, 0) is 5.41 Å². The molecule has 0 unspecified atom stereocenters. The minimum Gasteiger partial charge on any atom is -0.306 e. The van der Waals surface area contributed by atoms with Gasteiger partial charge in [-0.2, -0.15) is 4.98 Å². The number of piperidine rings is 1. The van der Waals surface area contributed by atoms with Gasteiger partial charge in [0, 0.05) is 22.2 Å². The summed E-state index contributed by atoms with van der Waals surface area (Å²) in [6.07, 6.45) is 9.75. The molecule has 0 amide bonds. The molecule has 31 heavy (non-hydrogen) atoms. The van der Waals surface area contributed by atoms with Crippen molar-refractivity contribution in [2.75, 3.05) is 20.1 Å². The van der Waals surface area contributed by atoms with Gasteiger partial charge >= 0.3 is 0 Å². The lowest BCUT2D eigenvalue weighted by Crippen LogP contribution is -2.32. The van der Waals surface area contributed by atoms with Crippen LogP contribution in [0.3, 0.4) is 0 Å². The van der Waals surface area contributed by atoms with Crippen molar-refractivity contribution in [2.45, 2.75) is 56.3 Å². The SMILES string of the molecule is CN1CCC(c2ncc3c(n2)-n2c(nc(=O)c4c(Br)cccc42)C32CCCCC2)CC1. The molecule has 3 aromatic rings. The first-order chi connectivity index (χ1) is 15.1. The summed E-state index contributed by atoms with van der Waals surface area (Å²) in [4.78, 5) is 30.2. The third kappa shape index (κ3) is 2.85. The molecule has 0 N–H and O–H groups in total. The fourth-order valence-corrected chi connectivity index (χ4v) is 6.41. The van der Waals surface area contributed by atoms with Crippen LogP contribution in [0.2, 0.25) is 0 Å². The van der Waals surface area contributed by atoms with Crippen molar-refractivity contribution in [3.05, 3.63) is 56.4 Å². The van der Waals surface area contributed by atoms with Gasteiger partial charge in [0.15, 0.2) is 0 Å². The molecule has 160 valence electrons. The van der Waals surface area contributed by atoms with Gasteiger partial charge in [0.2, 0.25) is 0 Å². The van der Waals surface area contributed by atoms with Crippen LogP contribution >= 0.6 is 15.9 Å². The van der Waals surface area contributed by atoms with Crippen molar-refractivity contribution in [3.8, 4) is 5.82 Å². The first kappa shape index (κ1) is 19.6. The number of halogens is 1. The van der Waals surface area contributed by atoms with Gasteiger partial charge in [0.1, 0.15) is 17.5 Å². The Bertz CT molecular complexity index is 1240. The van der Waals surface area contributed by atoms with Crippen LogP contribution in [0.25, 0.3) is 16.7 Å². The molecular weight excluding hydrogens is 454 g/mol. The van der Waals surface area contributed by atoms with Gasteiger partial charge in [-0.3, -0.25) is 9.36 Å². The van der Waals surface area contributed by atoms with E-state index < -0.39 is 0 Å². The molecule has 6 rings (SSSR count). The number of rotatable bonds is 1. The second-order valence-electron chi connectivity index (χ2n) is 9.40. The largest absolute Gasteiger partial charge is 0.306 e. The van der Waals surface area contributed by atoms with E-state index in [9.17, 15) is 4.79 Å². The minimum atomic E-state index is -0.242.